The molecular weight excluding hydrogens is 444 g/mol. The van der Waals surface area contributed by atoms with Crippen molar-refractivity contribution in [3.8, 4) is 11.8 Å². The summed E-state index contributed by atoms with van der Waals surface area (Å²) in [6.45, 7) is 7.68. The third-order valence-electron chi connectivity index (χ3n) is 7.08. The second-order valence-corrected chi connectivity index (χ2v) is 9.93. The van der Waals surface area contributed by atoms with Crippen LogP contribution in [0.3, 0.4) is 0 Å². The number of pyridine rings is 1. The van der Waals surface area contributed by atoms with Gasteiger partial charge in [-0.3, -0.25) is 9.30 Å². The highest BCUT2D eigenvalue weighted by Crippen LogP contribution is 2.27. The molecule has 1 saturated heterocycles. The highest BCUT2D eigenvalue weighted by Gasteiger charge is 2.15. The highest BCUT2D eigenvalue weighted by atomic mass is 16.5. The second-order valence-electron chi connectivity index (χ2n) is 9.93. The lowest BCUT2D eigenvalue weighted by atomic mass is 9.99. The SMILES string of the molecule is Cc1cc(Cc2noc3c(C#Cc4cnc5ccccn45)c(C)ccc23)cc(CN2CCCCC2)c1. The van der Waals surface area contributed by atoms with E-state index >= 15 is 0 Å². The molecule has 2 aromatic carbocycles. The monoisotopic (exact) mass is 474 g/mol. The number of hydrogen-bond acceptors (Lipinski definition) is 4. The standard InChI is InChI=1S/C31H30N4O/c1-22-16-24(18-25(17-22)21-34-13-5-3-6-14-34)19-29-28-11-9-23(2)27(31(28)36-33-29)12-10-26-20-32-30-8-4-7-15-35(26)30/h4,7-9,11,15-18,20H,3,5-6,13-14,19,21H2,1-2H3. The molecule has 4 heterocycles. The lowest BCUT2D eigenvalue weighted by molar-refractivity contribution is 0.221. The first-order valence-electron chi connectivity index (χ1n) is 12.8. The summed E-state index contributed by atoms with van der Waals surface area (Å²) in [4.78, 5) is 7.01. The van der Waals surface area contributed by atoms with Crippen LogP contribution in [0.4, 0.5) is 0 Å². The van der Waals surface area contributed by atoms with Gasteiger partial charge in [0.25, 0.3) is 0 Å². The largest absolute Gasteiger partial charge is 0.355 e. The number of rotatable bonds is 4. The molecule has 0 spiro atoms. The number of aryl methyl sites for hydroxylation is 2. The van der Waals surface area contributed by atoms with Crippen LogP contribution in [-0.2, 0) is 13.0 Å². The molecule has 0 N–H and O–H groups in total. The molecular formula is C31H30N4O. The molecule has 36 heavy (non-hydrogen) atoms. The smallest absolute Gasteiger partial charge is 0.183 e. The Kier molecular flexibility index (Phi) is 6.04. The number of piperidine rings is 1. The fraction of sp³-hybridized carbons (Fsp3) is 0.290. The molecule has 0 amide bonds. The van der Waals surface area contributed by atoms with Gasteiger partial charge in [-0.2, -0.15) is 0 Å². The van der Waals surface area contributed by atoms with Crippen LogP contribution >= 0.6 is 0 Å². The molecule has 6 rings (SSSR count). The molecule has 3 aromatic heterocycles. The maximum atomic E-state index is 5.89. The molecule has 1 fully saturated rings. The Bertz CT molecular complexity index is 1610. The van der Waals surface area contributed by atoms with E-state index < -0.39 is 0 Å². The number of benzene rings is 2. The second kappa shape index (κ2) is 9.64. The van der Waals surface area contributed by atoms with E-state index in [2.05, 4.69) is 71.1 Å². The van der Waals surface area contributed by atoms with Crippen LogP contribution in [-0.4, -0.2) is 32.5 Å². The number of likely N-dealkylation sites (tertiary alicyclic amines) is 1. The number of hydrogen-bond donors (Lipinski definition) is 0. The third kappa shape index (κ3) is 4.53. The summed E-state index contributed by atoms with van der Waals surface area (Å²) in [5, 5.41) is 5.52. The fourth-order valence-corrected chi connectivity index (χ4v) is 5.30. The summed E-state index contributed by atoms with van der Waals surface area (Å²) in [7, 11) is 0. The lowest BCUT2D eigenvalue weighted by Gasteiger charge is -2.26. The molecule has 180 valence electrons. The number of aromatic nitrogens is 3. The Labute approximate surface area is 211 Å². The van der Waals surface area contributed by atoms with Crippen molar-refractivity contribution >= 4 is 16.6 Å². The molecule has 0 radical (unpaired) electrons. The first kappa shape index (κ1) is 22.6. The van der Waals surface area contributed by atoms with E-state index in [1.54, 1.807) is 0 Å². The lowest BCUT2D eigenvalue weighted by Crippen LogP contribution is -2.29. The van der Waals surface area contributed by atoms with Gasteiger partial charge < -0.3 is 4.52 Å². The topological polar surface area (TPSA) is 46.6 Å². The number of nitrogens with zero attached hydrogens (tertiary/aromatic N) is 4. The number of fused-ring (bicyclic) bond motifs is 2. The molecule has 1 aliphatic heterocycles. The van der Waals surface area contributed by atoms with E-state index in [9.17, 15) is 0 Å². The van der Waals surface area contributed by atoms with Crippen molar-refractivity contribution in [3.05, 3.63) is 100 Å². The summed E-state index contributed by atoms with van der Waals surface area (Å²) < 4.78 is 7.88. The Balaban J connectivity index is 1.30. The molecule has 0 bridgehead atoms. The molecule has 0 aliphatic carbocycles. The quantitative estimate of drug-likeness (QED) is 0.297. The van der Waals surface area contributed by atoms with E-state index in [1.807, 2.05) is 35.0 Å². The Morgan fingerprint density at radius 1 is 0.944 bits per heavy atom. The van der Waals surface area contributed by atoms with Crippen molar-refractivity contribution in [3.63, 3.8) is 0 Å². The first-order chi connectivity index (χ1) is 17.6. The average molecular weight is 475 g/mol. The van der Waals surface area contributed by atoms with Crippen LogP contribution < -0.4 is 0 Å². The zero-order chi connectivity index (χ0) is 24.5. The van der Waals surface area contributed by atoms with Gasteiger partial charge >= 0.3 is 0 Å². The predicted molar refractivity (Wildman–Crippen MR) is 143 cm³/mol. The molecule has 1 aliphatic rings. The average Bonchev–Trinajstić information content (AvgIpc) is 3.48. The van der Waals surface area contributed by atoms with Crippen molar-refractivity contribution in [2.75, 3.05) is 13.1 Å². The summed E-state index contributed by atoms with van der Waals surface area (Å²) in [5.41, 5.74) is 9.36. The molecule has 0 atom stereocenters. The van der Waals surface area contributed by atoms with Gasteiger partial charge in [0.1, 0.15) is 11.3 Å². The summed E-state index contributed by atoms with van der Waals surface area (Å²) in [6, 6.07) is 17.1. The van der Waals surface area contributed by atoms with Gasteiger partial charge in [0, 0.05) is 24.5 Å². The summed E-state index contributed by atoms with van der Waals surface area (Å²) in [6.07, 6.45) is 8.51. The van der Waals surface area contributed by atoms with Crippen LogP contribution in [0.25, 0.3) is 16.6 Å². The maximum absolute atomic E-state index is 5.89. The summed E-state index contributed by atoms with van der Waals surface area (Å²) in [5.74, 6) is 6.63. The molecule has 0 saturated carbocycles. The van der Waals surface area contributed by atoms with Crippen LogP contribution in [0.5, 0.6) is 0 Å². The van der Waals surface area contributed by atoms with Crippen LogP contribution in [0.1, 0.15) is 58.5 Å². The van der Waals surface area contributed by atoms with Crippen molar-refractivity contribution in [2.45, 2.75) is 46.1 Å². The molecule has 5 nitrogen and oxygen atoms in total. The van der Waals surface area contributed by atoms with Crippen molar-refractivity contribution in [1.82, 2.24) is 19.4 Å². The van der Waals surface area contributed by atoms with Gasteiger partial charge in [0.15, 0.2) is 5.58 Å². The van der Waals surface area contributed by atoms with Crippen molar-refractivity contribution in [2.24, 2.45) is 0 Å². The minimum absolute atomic E-state index is 0.741. The van der Waals surface area contributed by atoms with E-state index in [1.165, 1.54) is 49.0 Å². The van der Waals surface area contributed by atoms with Gasteiger partial charge in [-0.05, 0) is 80.6 Å². The van der Waals surface area contributed by atoms with E-state index in [0.717, 1.165) is 52.1 Å². The van der Waals surface area contributed by atoms with Crippen molar-refractivity contribution in [1.29, 1.82) is 0 Å². The van der Waals surface area contributed by atoms with Gasteiger partial charge in [0.05, 0.1) is 17.5 Å². The Morgan fingerprint density at radius 3 is 2.69 bits per heavy atom. The molecule has 0 unspecified atom stereocenters. The first-order valence-corrected chi connectivity index (χ1v) is 12.8. The van der Waals surface area contributed by atoms with Crippen LogP contribution in [0.2, 0.25) is 0 Å². The van der Waals surface area contributed by atoms with Gasteiger partial charge in [-0.25, -0.2) is 4.98 Å². The highest BCUT2D eigenvalue weighted by molar-refractivity contribution is 5.86. The van der Waals surface area contributed by atoms with Gasteiger partial charge in [-0.1, -0.05) is 53.4 Å². The zero-order valence-electron chi connectivity index (χ0n) is 20.9. The van der Waals surface area contributed by atoms with E-state index in [0.29, 0.717) is 0 Å². The van der Waals surface area contributed by atoms with Crippen molar-refractivity contribution < 1.29 is 4.52 Å². The normalized spacial score (nSPS) is 14.3. The van der Waals surface area contributed by atoms with Crippen LogP contribution in [0.15, 0.2) is 65.4 Å². The third-order valence-corrected chi connectivity index (χ3v) is 7.08. The Morgan fingerprint density at radius 2 is 1.81 bits per heavy atom. The minimum atomic E-state index is 0.741. The van der Waals surface area contributed by atoms with E-state index in [4.69, 9.17) is 4.52 Å². The minimum Gasteiger partial charge on any atom is -0.355 e. The van der Waals surface area contributed by atoms with E-state index in [-0.39, 0.29) is 0 Å². The van der Waals surface area contributed by atoms with Gasteiger partial charge in [0.2, 0.25) is 0 Å². The van der Waals surface area contributed by atoms with Crippen LogP contribution in [0, 0.1) is 25.7 Å². The fourth-order valence-electron chi connectivity index (χ4n) is 5.30. The summed E-state index contributed by atoms with van der Waals surface area (Å²) >= 11 is 0. The molecule has 5 heteroatoms. The number of imidazole rings is 1. The Hall–Kier alpha value is -3.88. The maximum Gasteiger partial charge on any atom is 0.183 e. The van der Waals surface area contributed by atoms with Gasteiger partial charge in [-0.15, -0.1) is 0 Å². The zero-order valence-corrected chi connectivity index (χ0v) is 20.9. The molecule has 5 aromatic rings. The predicted octanol–water partition coefficient (Wildman–Crippen LogP) is 6.07.